The Kier molecular flexibility index (Phi) is 6.68. The molecule has 0 spiro atoms. The minimum Gasteiger partial charge on any atom is -0.415 e. The maximum Gasteiger partial charge on any atom is 0.147 e. The molecule has 0 amide bonds. The van der Waals surface area contributed by atoms with Gasteiger partial charge >= 0.3 is 0 Å². The van der Waals surface area contributed by atoms with Crippen LogP contribution in [0.3, 0.4) is 0 Å². The van der Waals surface area contributed by atoms with Crippen molar-refractivity contribution >= 4 is 28.1 Å². The minimum atomic E-state index is -1.29. The highest BCUT2D eigenvalue weighted by molar-refractivity contribution is 6.67. The van der Waals surface area contributed by atoms with E-state index in [9.17, 15) is 0 Å². The van der Waals surface area contributed by atoms with E-state index >= 15 is 0 Å². The molecule has 2 heterocycles. The zero-order chi connectivity index (χ0) is 16.2. The normalized spacial score (nSPS) is 35.0. The zero-order valence-corrected chi connectivity index (χ0v) is 19.1. The lowest BCUT2D eigenvalue weighted by atomic mass is 9.94. The fourth-order valence-corrected chi connectivity index (χ4v) is 9.81. The summed E-state index contributed by atoms with van der Waals surface area (Å²) in [4.78, 5) is 0. The van der Waals surface area contributed by atoms with Crippen molar-refractivity contribution in [3.63, 3.8) is 0 Å². The molecule has 0 N–H and O–H groups in total. The van der Waals surface area contributed by atoms with Crippen molar-refractivity contribution in [1.29, 1.82) is 0 Å². The van der Waals surface area contributed by atoms with E-state index in [1.807, 2.05) is 0 Å². The first-order valence-electron chi connectivity index (χ1n) is 8.86. The number of hydrogen-bond acceptors (Lipinski definition) is 3. The van der Waals surface area contributed by atoms with Gasteiger partial charge < -0.3 is 13.9 Å². The van der Waals surface area contributed by atoms with Crippen molar-refractivity contribution < 1.29 is 13.9 Å². The predicted octanol–water partition coefficient (Wildman–Crippen LogP) is 1.84. The molecule has 2 fully saturated rings. The van der Waals surface area contributed by atoms with Crippen LogP contribution in [-0.2, 0) is 13.9 Å². The molecular weight excluding hydrogens is 324 g/mol. The molecule has 3 unspecified atom stereocenters. The van der Waals surface area contributed by atoms with Gasteiger partial charge in [0.2, 0.25) is 0 Å². The van der Waals surface area contributed by atoms with E-state index in [4.69, 9.17) is 13.9 Å². The maximum absolute atomic E-state index is 6.49. The van der Waals surface area contributed by atoms with Gasteiger partial charge in [-0.3, -0.25) is 0 Å². The second kappa shape index (κ2) is 7.90. The first-order valence-corrected chi connectivity index (χ1v) is 15.0. The molecule has 2 aliphatic rings. The summed E-state index contributed by atoms with van der Waals surface area (Å²) >= 11 is 0. The van der Waals surface area contributed by atoms with Crippen molar-refractivity contribution in [3.8, 4) is 0 Å². The standard InChI is InChI=1S/C16H33O3Si3/c1-5-22(4)16(11-7-9-13-18-16)14(19-20)15(21(2)3)10-6-8-12-17-15/h5,21-22H,1,6-13H2,2-4,20H3. The quantitative estimate of drug-likeness (QED) is 0.679. The third-order valence-corrected chi connectivity index (χ3v) is 11.5. The Morgan fingerprint density at radius 3 is 1.95 bits per heavy atom. The predicted molar refractivity (Wildman–Crippen MR) is 101 cm³/mol. The average Bonchev–Trinajstić information content (AvgIpc) is 2.56. The molecule has 2 saturated heterocycles. The monoisotopic (exact) mass is 357 g/mol. The molecule has 2 aliphatic heterocycles. The van der Waals surface area contributed by atoms with Crippen LogP contribution in [0.2, 0.25) is 19.6 Å². The summed E-state index contributed by atoms with van der Waals surface area (Å²) in [7, 11) is -1.66. The van der Waals surface area contributed by atoms with E-state index in [1.54, 1.807) is 0 Å². The summed E-state index contributed by atoms with van der Waals surface area (Å²) in [6.45, 7) is 13.0. The summed E-state index contributed by atoms with van der Waals surface area (Å²) in [5, 5.41) is -0.308. The lowest BCUT2D eigenvalue weighted by Gasteiger charge is -2.54. The van der Waals surface area contributed by atoms with Crippen molar-refractivity contribution in [2.75, 3.05) is 13.2 Å². The third kappa shape index (κ3) is 3.23. The number of ether oxygens (including phenoxy) is 2. The van der Waals surface area contributed by atoms with Crippen LogP contribution >= 0.6 is 0 Å². The van der Waals surface area contributed by atoms with Gasteiger partial charge in [0.25, 0.3) is 0 Å². The lowest BCUT2D eigenvalue weighted by molar-refractivity contribution is -0.115. The Bertz CT molecular complexity index is 364. The molecule has 22 heavy (non-hydrogen) atoms. The fourth-order valence-electron chi connectivity index (χ4n) is 4.17. The molecule has 3 atom stereocenters. The molecule has 6 heteroatoms. The van der Waals surface area contributed by atoms with Gasteiger partial charge in [-0.1, -0.05) is 19.6 Å². The van der Waals surface area contributed by atoms with Crippen LogP contribution in [0.4, 0.5) is 0 Å². The van der Waals surface area contributed by atoms with E-state index in [1.165, 1.54) is 31.8 Å². The van der Waals surface area contributed by atoms with Gasteiger partial charge in [0.15, 0.2) is 0 Å². The molecule has 0 bridgehead atoms. The molecule has 0 saturated carbocycles. The Hall–Kier alpha value is 0.271. The molecule has 127 valence electrons. The van der Waals surface area contributed by atoms with E-state index in [0.717, 1.165) is 26.1 Å². The van der Waals surface area contributed by atoms with Crippen molar-refractivity contribution in [1.82, 2.24) is 0 Å². The molecule has 2 rings (SSSR count). The number of rotatable bonds is 6. The second-order valence-electron chi connectivity index (χ2n) is 7.10. The van der Waals surface area contributed by atoms with Crippen LogP contribution in [0, 0.1) is 6.10 Å². The van der Waals surface area contributed by atoms with Crippen LogP contribution in [-0.4, -0.2) is 51.7 Å². The van der Waals surface area contributed by atoms with Gasteiger partial charge in [-0.15, -0.1) is 12.3 Å². The van der Waals surface area contributed by atoms with Crippen molar-refractivity contribution in [3.05, 3.63) is 18.4 Å². The first-order chi connectivity index (χ1) is 10.5. The van der Waals surface area contributed by atoms with Gasteiger partial charge in [0, 0.05) is 13.2 Å². The maximum atomic E-state index is 6.49. The Morgan fingerprint density at radius 2 is 1.59 bits per heavy atom. The molecule has 0 aliphatic carbocycles. The van der Waals surface area contributed by atoms with E-state index in [-0.39, 0.29) is 10.4 Å². The molecular formula is C16H33O3Si3. The summed E-state index contributed by atoms with van der Waals surface area (Å²) in [5.74, 6) is 0. The molecule has 0 aromatic rings. The molecule has 1 radical (unpaired) electrons. The van der Waals surface area contributed by atoms with Crippen LogP contribution in [0.1, 0.15) is 38.5 Å². The van der Waals surface area contributed by atoms with Crippen LogP contribution in [0.5, 0.6) is 0 Å². The largest absolute Gasteiger partial charge is 0.415 e. The van der Waals surface area contributed by atoms with Gasteiger partial charge in [-0.25, -0.2) is 0 Å². The van der Waals surface area contributed by atoms with Crippen LogP contribution in [0.15, 0.2) is 12.3 Å². The SMILES string of the molecule is C=C[SiH](C)C1([C](O[SiH3])C2([SiH](C)C)CCCCO2)CCCCO1. The smallest absolute Gasteiger partial charge is 0.147 e. The highest BCUT2D eigenvalue weighted by Crippen LogP contribution is 2.48. The molecule has 0 aromatic heterocycles. The average molecular weight is 358 g/mol. The van der Waals surface area contributed by atoms with Crippen molar-refractivity contribution in [2.45, 2.75) is 68.6 Å². The topological polar surface area (TPSA) is 27.7 Å². The lowest BCUT2D eigenvalue weighted by Crippen LogP contribution is -2.65. The zero-order valence-electron chi connectivity index (χ0n) is 14.8. The van der Waals surface area contributed by atoms with Crippen LogP contribution in [0.25, 0.3) is 0 Å². The Balaban J connectivity index is 2.42. The summed E-state index contributed by atoms with van der Waals surface area (Å²) < 4.78 is 19.2. The summed E-state index contributed by atoms with van der Waals surface area (Å²) in [6.07, 6.45) is 8.23. The third-order valence-electron chi connectivity index (χ3n) is 5.60. The minimum absolute atomic E-state index is 0.123. The number of hydrogen-bond donors (Lipinski definition) is 0. The highest BCUT2D eigenvalue weighted by atomic mass is 28.3. The van der Waals surface area contributed by atoms with Gasteiger partial charge in [0.05, 0.1) is 28.0 Å². The Labute approximate surface area is 142 Å². The van der Waals surface area contributed by atoms with Crippen molar-refractivity contribution in [2.24, 2.45) is 0 Å². The van der Waals surface area contributed by atoms with E-state index in [0.29, 0.717) is 10.5 Å². The van der Waals surface area contributed by atoms with E-state index in [2.05, 4.69) is 31.9 Å². The summed E-state index contributed by atoms with van der Waals surface area (Å²) in [5.41, 5.74) is 2.17. The highest BCUT2D eigenvalue weighted by Gasteiger charge is 2.58. The van der Waals surface area contributed by atoms with E-state index < -0.39 is 17.6 Å². The van der Waals surface area contributed by atoms with Gasteiger partial charge in [0.1, 0.15) is 16.6 Å². The fraction of sp³-hybridized carbons (Fsp3) is 0.812. The second-order valence-corrected chi connectivity index (χ2v) is 13.7. The summed E-state index contributed by atoms with van der Waals surface area (Å²) in [6, 6.07) is 0. The molecule has 0 aromatic carbocycles. The van der Waals surface area contributed by atoms with Gasteiger partial charge in [-0.2, -0.15) is 0 Å². The van der Waals surface area contributed by atoms with Gasteiger partial charge in [-0.05, 0) is 38.5 Å². The Morgan fingerprint density at radius 1 is 1.05 bits per heavy atom. The first kappa shape index (κ1) is 18.6. The molecule has 3 nitrogen and oxygen atoms in total. The van der Waals surface area contributed by atoms with Crippen LogP contribution < -0.4 is 0 Å².